The van der Waals surface area contributed by atoms with Crippen LogP contribution in [0.4, 0.5) is 5.69 Å². The quantitative estimate of drug-likeness (QED) is 0.662. The number of hydrogen-bond acceptors (Lipinski definition) is 3. The van der Waals surface area contributed by atoms with Crippen LogP contribution in [0.25, 0.3) is 0 Å². The molecule has 0 radical (unpaired) electrons. The van der Waals surface area contributed by atoms with Gasteiger partial charge in [0.1, 0.15) is 5.84 Å². The lowest BCUT2D eigenvalue weighted by molar-refractivity contribution is 0.213. The molecule has 1 fully saturated rings. The Morgan fingerprint density at radius 2 is 2.21 bits per heavy atom. The molecule has 0 aromatic heterocycles. The van der Waals surface area contributed by atoms with Crippen molar-refractivity contribution in [3.8, 4) is 0 Å². The van der Waals surface area contributed by atoms with Gasteiger partial charge in [0.2, 0.25) is 0 Å². The van der Waals surface area contributed by atoms with Gasteiger partial charge in [0.15, 0.2) is 0 Å². The molecule has 104 valence electrons. The number of hydrogen-bond donors (Lipinski definition) is 2. The van der Waals surface area contributed by atoms with Gasteiger partial charge >= 0.3 is 0 Å². The standard InChI is InChI=1S/C14H21BrN4/c1-3-11-9-19(7-6-18(11)2)13-5-4-10(15)8-12(13)14(16)17/h4-5,8,11H,3,6-7,9H2,1-2H3,(H3,16,17). The van der Waals surface area contributed by atoms with Crippen molar-refractivity contribution in [2.45, 2.75) is 19.4 Å². The third-order valence-corrected chi connectivity index (χ3v) is 4.33. The van der Waals surface area contributed by atoms with Gasteiger partial charge < -0.3 is 10.6 Å². The second-order valence-electron chi connectivity index (χ2n) is 5.06. The normalized spacial score (nSPS) is 20.6. The number of benzene rings is 1. The first-order chi connectivity index (χ1) is 9.02. The molecule has 19 heavy (non-hydrogen) atoms. The Hall–Kier alpha value is -1.07. The van der Waals surface area contributed by atoms with Crippen LogP contribution in [0.5, 0.6) is 0 Å². The maximum Gasteiger partial charge on any atom is 0.124 e. The van der Waals surface area contributed by atoms with Gasteiger partial charge in [0, 0.05) is 41.4 Å². The Bertz CT molecular complexity index is 475. The third-order valence-electron chi connectivity index (χ3n) is 3.84. The predicted molar refractivity (Wildman–Crippen MR) is 84.1 cm³/mol. The molecule has 2 rings (SSSR count). The highest BCUT2D eigenvalue weighted by Gasteiger charge is 2.24. The third kappa shape index (κ3) is 3.09. The van der Waals surface area contributed by atoms with Gasteiger partial charge in [0.05, 0.1) is 0 Å². The van der Waals surface area contributed by atoms with E-state index in [-0.39, 0.29) is 5.84 Å². The molecule has 1 aromatic rings. The van der Waals surface area contributed by atoms with Crippen LogP contribution in [0.15, 0.2) is 22.7 Å². The summed E-state index contributed by atoms with van der Waals surface area (Å²) in [5.41, 5.74) is 7.60. The van der Waals surface area contributed by atoms with Crippen LogP contribution in [-0.2, 0) is 0 Å². The van der Waals surface area contributed by atoms with Crippen molar-refractivity contribution in [2.75, 3.05) is 31.6 Å². The number of anilines is 1. The maximum absolute atomic E-state index is 7.75. The number of nitrogen functional groups attached to an aromatic ring is 1. The molecule has 4 nitrogen and oxygen atoms in total. The van der Waals surface area contributed by atoms with Crippen LogP contribution in [-0.4, -0.2) is 43.5 Å². The highest BCUT2D eigenvalue weighted by atomic mass is 79.9. The van der Waals surface area contributed by atoms with Gasteiger partial charge in [0.25, 0.3) is 0 Å². The van der Waals surface area contributed by atoms with E-state index in [2.05, 4.69) is 45.8 Å². The smallest absolute Gasteiger partial charge is 0.124 e. The number of amidine groups is 1. The number of halogens is 1. The minimum absolute atomic E-state index is 0.128. The molecule has 1 aliphatic rings. The molecule has 0 spiro atoms. The zero-order chi connectivity index (χ0) is 14.0. The summed E-state index contributed by atoms with van der Waals surface area (Å²) in [5.74, 6) is 0.128. The lowest BCUT2D eigenvalue weighted by Gasteiger charge is -2.41. The van der Waals surface area contributed by atoms with E-state index in [1.165, 1.54) is 0 Å². The van der Waals surface area contributed by atoms with E-state index in [4.69, 9.17) is 11.1 Å². The highest BCUT2D eigenvalue weighted by Crippen LogP contribution is 2.26. The first kappa shape index (κ1) is 14.3. The van der Waals surface area contributed by atoms with Crippen molar-refractivity contribution in [3.05, 3.63) is 28.2 Å². The lowest BCUT2D eigenvalue weighted by atomic mass is 10.1. The van der Waals surface area contributed by atoms with E-state index in [1.54, 1.807) is 0 Å². The zero-order valence-electron chi connectivity index (χ0n) is 11.5. The van der Waals surface area contributed by atoms with Gasteiger partial charge in [-0.3, -0.25) is 10.3 Å². The van der Waals surface area contributed by atoms with E-state index < -0.39 is 0 Å². The van der Waals surface area contributed by atoms with Gasteiger partial charge in [-0.15, -0.1) is 0 Å². The number of piperazine rings is 1. The Morgan fingerprint density at radius 1 is 1.47 bits per heavy atom. The molecule has 0 aliphatic carbocycles. The molecular formula is C14H21BrN4. The first-order valence-electron chi connectivity index (χ1n) is 6.62. The van der Waals surface area contributed by atoms with Crippen molar-refractivity contribution in [2.24, 2.45) is 5.73 Å². The SMILES string of the molecule is CCC1CN(c2ccc(Br)cc2C(=N)N)CCN1C. The topological polar surface area (TPSA) is 56.4 Å². The molecule has 5 heteroatoms. The van der Waals surface area contributed by atoms with Crippen molar-refractivity contribution in [3.63, 3.8) is 0 Å². The molecule has 0 bridgehead atoms. The number of nitrogens with two attached hydrogens (primary N) is 1. The summed E-state index contributed by atoms with van der Waals surface area (Å²) >= 11 is 3.44. The molecule has 1 unspecified atom stereocenters. The number of nitrogens with zero attached hydrogens (tertiary/aromatic N) is 2. The van der Waals surface area contributed by atoms with Gasteiger partial charge in [-0.2, -0.15) is 0 Å². The minimum Gasteiger partial charge on any atom is -0.384 e. The molecule has 1 heterocycles. The largest absolute Gasteiger partial charge is 0.384 e. The van der Waals surface area contributed by atoms with E-state index in [1.807, 2.05) is 12.1 Å². The molecule has 0 amide bonds. The van der Waals surface area contributed by atoms with Crippen molar-refractivity contribution >= 4 is 27.5 Å². The summed E-state index contributed by atoms with van der Waals surface area (Å²) in [6.45, 7) is 5.24. The van der Waals surface area contributed by atoms with E-state index in [0.717, 1.165) is 41.8 Å². The van der Waals surface area contributed by atoms with Crippen LogP contribution in [0.2, 0.25) is 0 Å². The molecule has 1 saturated heterocycles. The van der Waals surface area contributed by atoms with Gasteiger partial charge in [-0.1, -0.05) is 22.9 Å². The average molecular weight is 325 g/mol. The fourth-order valence-electron chi connectivity index (χ4n) is 2.61. The summed E-state index contributed by atoms with van der Waals surface area (Å²) in [6, 6.07) is 6.56. The maximum atomic E-state index is 7.75. The Morgan fingerprint density at radius 3 is 2.84 bits per heavy atom. The van der Waals surface area contributed by atoms with Crippen LogP contribution in [0, 0.1) is 5.41 Å². The summed E-state index contributed by atoms with van der Waals surface area (Å²) in [6.07, 6.45) is 1.14. The molecular weight excluding hydrogens is 304 g/mol. The fourth-order valence-corrected chi connectivity index (χ4v) is 2.97. The Labute approximate surface area is 123 Å². The molecule has 3 N–H and O–H groups in total. The van der Waals surface area contributed by atoms with Crippen molar-refractivity contribution in [1.82, 2.24) is 4.90 Å². The van der Waals surface area contributed by atoms with Crippen LogP contribution in [0.1, 0.15) is 18.9 Å². The molecule has 1 aliphatic heterocycles. The average Bonchev–Trinajstić information content (AvgIpc) is 2.39. The van der Waals surface area contributed by atoms with E-state index >= 15 is 0 Å². The van der Waals surface area contributed by atoms with E-state index in [9.17, 15) is 0 Å². The summed E-state index contributed by atoms with van der Waals surface area (Å²) in [4.78, 5) is 4.75. The predicted octanol–water partition coefficient (Wildman–Crippen LogP) is 2.26. The van der Waals surface area contributed by atoms with Crippen LogP contribution in [0.3, 0.4) is 0 Å². The monoisotopic (exact) mass is 324 g/mol. The Balaban J connectivity index is 2.29. The number of nitrogens with one attached hydrogen (secondary N) is 1. The highest BCUT2D eigenvalue weighted by molar-refractivity contribution is 9.10. The van der Waals surface area contributed by atoms with Crippen molar-refractivity contribution in [1.29, 1.82) is 5.41 Å². The van der Waals surface area contributed by atoms with Crippen LogP contribution < -0.4 is 10.6 Å². The van der Waals surface area contributed by atoms with Crippen molar-refractivity contribution < 1.29 is 0 Å². The fraction of sp³-hybridized carbons (Fsp3) is 0.500. The minimum atomic E-state index is 0.128. The number of rotatable bonds is 3. The molecule has 0 saturated carbocycles. The van der Waals surface area contributed by atoms with Gasteiger partial charge in [-0.25, -0.2) is 0 Å². The Kier molecular flexibility index (Phi) is 4.47. The second-order valence-corrected chi connectivity index (χ2v) is 5.98. The number of likely N-dealkylation sites (N-methyl/N-ethyl adjacent to an activating group) is 1. The first-order valence-corrected chi connectivity index (χ1v) is 7.41. The van der Waals surface area contributed by atoms with E-state index in [0.29, 0.717) is 6.04 Å². The van der Waals surface area contributed by atoms with Gasteiger partial charge in [-0.05, 0) is 31.7 Å². The summed E-state index contributed by atoms with van der Waals surface area (Å²) < 4.78 is 0.961. The summed E-state index contributed by atoms with van der Waals surface area (Å²) in [7, 11) is 2.18. The second kappa shape index (κ2) is 5.92. The molecule has 1 atom stereocenters. The summed E-state index contributed by atoms with van der Waals surface area (Å²) in [5, 5.41) is 7.75. The lowest BCUT2D eigenvalue weighted by Crippen LogP contribution is -2.51. The molecule has 1 aromatic carbocycles. The zero-order valence-corrected chi connectivity index (χ0v) is 13.1. The van der Waals surface area contributed by atoms with Crippen LogP contribution >= 0.6 is 15.9 Å².